The summed E-state index contributed by atoms with van der Waals surface area (Å²) in [5, 5.41) is 0. The number of rotatable bonds is 6. The Labute approximate surface area is 96.0 Å². The molecule has 0 atom stereocenters. The highest BCUT2D eigenvalue weighted by atomic mass is 16.2. The lowest BCUT2D eigenvalue weighted by Gasteiger charge is -2.32. The standard InChI is InChI=1S/C11H20N2O3/c1-10(2,7-14)5-13(9(12)16)6-11(3,4)8-15/h7-8H,5-6H2,1-4H3,(H2,12,16). The Bertz CT molecular complexity index is 263. The number of amides is 2. The zero-order valence-corrected chi connectivity index (χ0v) is 10.3. The van der Waals surface area contributed by atoms with Crippen LogP contribution >= 0.6 is 0 Å². The minimum Gasteiger partial charge on any atom is -0.351 e. The van der Waals surface area contributed by atoms with E-state index >= 15 is 0 Å². The smallest absolute Gasteiger partial charge is 0.314 e. The van der Waals surface area contributed by atoms with E-state index in [1.807, 2.05) is 0 Å². The first-order valence-corrected chi connectivity index (χ1v) is 5.10. The molecule has 0 aliphatic carbocycles. The van der Waals surface area contributed by atoms with Gasteiger partial charge in [0.25, 0.3) is 0 Å². The first kappa shape index (κ1) is 14.6. The first-order chi connectivity index (χ1) is 7.13. The molecule has 0 heterocycles. The molecule has 0 aliphatic heterocycles. The minimum absolute atomic E-state index is 0.211. The second kappa shape index (κ2) is 5.09. The number of urea groups is 1. The van der Waals surface area contributed by atoms with Crippen molar-refractivity contribution in [1.29, 1.82) is 0 Å². The summed E-state index contributed by atoms with van der Waals surface area (Å²) in [7, 11) is 0. The van der Waals surface area contributed by atoms with Crippen LogP contribution in [0.2, 0.25) is 0 Å². The van der Waals surface area contributed by atoms with Gasteiger partial charge in [-0.2, -0.15) is 0 Å². The van der Waals surface area contributed by atoms with Crippen molar-refractivity contribution in [2.75, 3.05) is 13.1 Å². The molecule has 16 heavy (non-hydrogen) atoms. The summed E-state index contributed by atoms with van der Waals surface area (Å²) in [5.41, 5.74) is 3.90. The van der Waals surface area contributed by atoms with Crippen LogP contribution in [0.3, 0.4) is 0 Å². The Kier molecular flexibility index (Phi) is 4.65. The zero-order chi connectivity index (χ0) is 13.0. The molecule has 2 N–H and O–H groups in total. The summed E-state index contributed by atoms with van der Waals surface area (Å²) in [6, 6.07) is -0.621. The summed E-state index contributed by atoms with van der Waals surface area (Å²) < 4.78 is 0. The van der Waals surface area contributed by atoms with Gasteiger partial charge in [-0.25, -0.2) is 4.79 Å². The van der Waals surface area contributed by atoms with E-state index in [0.717, 1.165) is 12.6 Å². The van der Waals surface area contributed by atoms with Crippen LogP contribution in [0, 0.1) is 10.8 Å². The summed E-state index contributed by atoms with van der Waals surface area (Å²) in [4.78, 5) is 34.1. The van der Waals surface area contributed by atoms with Crippen molar-refractivity contribution in [3.05, 3.63) is 0 Å². The third-order valence-electron chi connectivity index (χ3n) is 2.15. The fourth-order valence-corrected chi connectivity index (χ4v) is 1.27. The molecule has 2 amide bonds. The summed E-state index contributed by atoms with van der Waals surface area (Å²) >= 11 is 0. The number of hydrogen-bond acceptors (Lipinski definition) is 3. The van der Waals surface area contributed by atoms with Crippen LogP contribution in [0.1, 0.15) is 27.7 Å². The third-order valence-corrected chi connectivity index (χ3v) is 2.15. The Balaban J connectivity index is 4.71. The number of carbonyl (C=O) groups is 3. The molecule has 0 fully saturated rings. The minimum atomic E-state index is -0.659. The van der Waals surface area contributed by atoms with Gasteiger partial charge in [0, 0.05) is 23.9 Å². The highest BCUT2D eigenvalue weighted by Crippen LogP contribution is 2.18. The highest BCUT2D eigenvalue weighted by molar-refractivity contribution is 5.73. The van der Waals surface area contributed by atoms with Crippen LogP contribution in [0.25, 0.3) is 0 Å². The molecular formula is C11H20N2O3. The molecule has 0 aromatic heterocycles. The second-order valence-corrected chi connectivity index (χ2v) is 5.41. The van der Waals surface area contributed by atoms with E-state index in [9.17, 15) is 14.4 Å². The average molecular weight is 228 g/mol. The summed E-state index contributed by atoms with van der Waals surface area (Å²) in [6.45, 7) is 7.27. The zero-order valence-electron chi connectivity index (χ0n) is 10.3. The molecule has 0 bridgehead atoms. The maximum absolute atomic E-state index is 11.2. The van der Waals surface area contributed by atoms with Gasteiger partial charge in [-0.1, -0.05) is 27.7 Å². The van der Waals surface area contributed by atoms with Gasteiger partial charge in [-0.05, 0) is 0 Å². The van der Waals surface area contributed by atoms with Crippen molar-refractivity contribution >= 4 is 18.6 Å². The lowest BCUT2D eigenvalue weighted by atomic mass is 9.91. The number of hydrogen-bond donors (Lipinski definition) is 1. The topological polar surface area (TPSA) is 80.5 Å². The van der Waals surface area contributed by atoms with Crippen molar-refractivity contribution < 1.29 is 14.4 Å². The van der Waals surface area contributed by atoms with Crippen molar-refractivity contribution in [3.63, 3.8) is 0 Å². The molecule has 0 radical (unpaired) electrons. The maximum atomic E-state index is 11.2. The summed E-state index contributed by atoms with van der Waals surface area (Å²) in [5.74, 6) is 0. The molecular weight excluding hydrogens is 208 g/mol. The van der Waals surface area contributed by atoms with Crippen LogP contribution in [-0.4, -0.2) is 36.6 Å². The van der Waals surface area contributed by atoms with Gasteiger partial charge >= 0.3 is 6.03 Å². The van der Waals surface area contributed by atoms with E-state index in [0.29, 0.717) is 0 Å². The maximum Gasteiger partial charge on any atom is 0.314 e. The van der Waals surface area contributed by atoms with Crippen LogP contribution in [0.5, 0.6) is 0 Å². The number of nitrogens with two attached hydrogens (primary N) is 1. The van der Waals surface area contributed by atoms with Crippen molar-refractivity contribution in [1.82, 2.24) is 4.90 Å². The largest absolute Gasteiger partial charge is 0.351 e. The van der Waals surface area contributed by atoms with E-state index in [2.05, 4.69) is 0 Å². The number of aldehydes is 2. The van der Waals surface area contributed by atoms with Gasteiger partial charge in [0.2, 0.25) is 0 Å². The Hall–Kier alpha value is -1.39. The van der Waals surface area contributed by atoms with Crippen LogP contribution in [0.15, 0.2) is 0 Å². The summed E-state index contributed by atoms with van der Waals surface area (Å²) in [6.07, 6.45) is 1.55. The molecule has 0 aromatic carbocycles. The van der Waals surface area contributed by atoms with Gasteiger partial charge in [0.15, 0.2) is 0 Å². The second-order valence-electron chi connectivity index (χ2n) is 5.41. The lowest BCUT2D eigenvalue weighted by Crippen LogP contribution is -2.47. The van der Waals surface area contributed by atoms with Gasteiger partial charge in [0.05, 0.1) is 0 Å². The van der Waals surface area contributed by atoms with E-state index in [1.165, 1.54) is 4.90 Å². The third kappa shape index (κ3) is 4.91. The van der Waals surface area contributed by atoms with E-state index in [-0.39, 0.29) is 13.1 Å². The highest BCUT2D eigenvalue weighted by Gasteiger charge is 2.28. The van der Waals surface area contributed by atoms with Crippen molar-refractivity contribution in [2.45, 2.75) is 27.7 Å². The fraction of sp³-hybridized carbons (Fsp3) is 0.727. The van der Waals surface area contributed by atoms with Crippen LogP contribution in [0.4, 0.5) is 4.79 Å². The van der Waals surface area contributed by atoms with Crippen molar-refractivity contribution in [3.8, 4) is 0 Å². The van der Waals surface area contributed by atoms with Gasteiger partial charge in [-0.3, -0.25) is 0 Å². The molecule has 0 aromatic rings. The average Bonchev–Trinajstić information content (AvgIpc) is 2.16. The van der Waals surface area contributed by atoms with Gasteiger partial charge < -0.3 is 20.2 Å². The number of carbonyl (C=O) groups excluding carboxylic acids is 3. The molecule has 5 heteroatoms. The lowest BCUT2D eigenvalue weighted by molar-refractivity contribution is -0.116. The predicted octanol–water partition coefficient (Wildman–Crippen LogP) is 0.817. The normalized spacial score (nSPS) is 12.0. The van der Waals surface area contributed by atoms with Gasteiger partial charge in [0.1, 0.15) is 12.6 Å². The van der Waals surface area contributed by atoms with E-state index < -0.39 is 16.9 Å². The Morgan fingerprint density at radius 3 is 1.56 bits per heavy atom. The molecule has 0 unspecified atom stereocenters. The Morgan fingerprint density at radius 1 is 1.06 bits per heavy atom. The SMILES string of the molecule is CC(C)(C=O)CN(CC(C)(C)C=O)C(N)=O. The molecule has 0 saturated heterocycles. The van der Waals surface area contributed by atoms with E-state index in [4.69, 9.17) is 5.73 Å². The number of primary amides is 1. The van der Waals surface area contributed by atoms with Gasteiger partial charge in [-0.15, -0.1) is 0 Å². The first-order valence-electron chi connectivity index (χ1n) is 5.10. The predicted molar refractivity (Wildman–Crippen MR) is 60.8 cm³/mol. The molecule has 5 nitrogen and oxygen atoms in total. The molecule has 0 spiro atoms. The van der Waals surface area contributed by atoms with Crippen molar-refractivity contribution in [2.24, 2.45) is 16.6 Å². The molecule has 0 rings (SSSR count). The molecule has 0 aliphatic rings. The fourth-order valence-electron chi connectivity index (χ4n) is 1.27. The molecule has 92 valence electrons. The number of nitrogens with zero attached hydrogens (tertiary/aromatic N) is 1. The van der Waals surface area contributed by atoms with Crippen LogP contribution < -0.4 is 5.73 Å². The monoisotopic (exact) mass is 228 g/mol. The van der Waals surface area contributed by atoms with Crippen LogP contribution in [-0.2, 0) is 9.59 Å². The molecule has 0 saturated carbocycles. The Morgan fingerprint density at radius 2 is 1.38 bits per heavy atom. The van der Waals surface area contributed by atoms with E-state index in [1.54, 1.807) is 27.7 Å². The quantitative estimate of drug-likeness (QED) is 0.683.